The first-order valence-electron chi connectivity index (χ1n) is 11.8. The Labute approximate surface area is 207 Å². The Morgan fingerprint density at radius 2 is 1.74 bits per heavy atom. The summed E-state index contributed by atoms with van der Waals surface area (Å²) in [6.45, 7) is 11.3. The average Bonchev–Trinajstić information content (AvgIpc) is 2.80. The molecule has 2 aromatic rings. The molecule has 0 radical (unpaired) electrons. The lowest BCUT2D eigenvalue weighted by molar-refractivity contribution is 0.0527. The normalized spacial score (nSPS) is 11.6. The lowest BCUT2D eigenvalue weighted by atomic mass is 9.88. The molecule has 0 spiro atoms. The van der Waals surface area contributed by atoms with E-state index in [0.717, 1.165) is 57.2 Å². The highest BCUT2D eigenvalue weighted by Crippen LogP contribution is 2.42. The Bertz CT molecular complexity index is 1370. The van der Waals surface area contributed by atoms with Gasteiger partial charge in [0.05, 0.1) is 17.5 Å². The maximum absolute atomic E-state index is 12.9. The summed E-state index contributed by atoms with van der Waals surface area (Å²) in [7, 11) is 0. The number of esters is 1. The quantitative estimate of drug-likeness (QED) is 0.216. The maximum Gasteiger partial charge on any atom is 0.338 e. The molecule has 0 amide bonds. The fourth-order valence-corrected chi connectivity index (χ4v) is 4.49. The number of fused-ring (bicyclic) bond motifs is 2. The van der Waals surface area contributed by atoms with E-state index in [2.05, 4.69) is 44.0 Å². The number of ether oxygens (including phenoxy) is 1. The lowest BCUT2D eigenvalue weighted by Gasteiger charge is -2.19. The molecule has 2 aromatic carbocycles. The Balaban J connectivity index is 0.00000324. The third-order valence-corrected chi connectivity index (χ3v) is 6.03. The van der Waals surface area contributed by atoms with Gasteiger partial charge in [0.2, 0.25) is 0 Å². The van der Waals surface area contributed by atoms with Crippen LogP contribution in [0.15, 0.2) is 57.9 Å². The van der Waals surface area contributed by atoms with Crippen LogP contribution in [-0.2, 0) is 11.2 Å². The molecule has 1 aliphatic carbocycles. The van der Waals surface area contributed by atoms with Crippen molar-refractivity contribution < 1.29 is 13.9 Å². The number of nitrogens with zero attached hydrogens (tertiary/aromatic N) is 1. The summed E-state index contributed by atoms with van der Waals surface area (Å²) in [4.78, 5) is 17.5. The first kappa shape index (κ1) is 25.5. The van der Waals surface area contributed by atoms with Crippen molar-refractivity contribution in [1.82, 2.24) is 0 Å². The molecule has 5 heteroatoms. The Kier molecular flexibility index (Phi) is 8.16. The van der Waals surface area contributed by atoms with Crippen LogP contribution in [0, 0.1) is 13.8 Å². The lowest BCUT2D eigenvalue weighted by Crippen LogP contribution is -2.10. The molecule has 0 unspecified atom stereocenters. The molecule has 0 atom stereocenters. The van der Waals surface area contributed by atoms with Crippen LogP contribution < -0.4 is 5.36 Å². The minimum atomic E-state index is -0.316. The SMILES string of the molecule is CCCc1cc2oc3cc(=NCC)c(C)cc-3c(-c3ccccc3C(=O)OCC)c2cc1C.Cl. The number of benzene rings is 3. The number of hydrogen-bond donors (Lipinski definition) is 0. The summed E-state index contributed by atoms with van der Waals surface area (Å²) in [6.07, 6.45) is 2.06. The molecule has 2 aliphatic rings. The molecule has 0 saturated heterocycles. The second kappa shape index (κ2) is 10.9. The van der Waals surface area contributed by atoms with Gasteiger partial charge in [0, 0.05) is 29.1 Å². The zero-order valence-electron chi connectivity index (χ0n) is 20.5. The van der Waals surface area contributed by atoms with Crippen LogP contribution in [0.5, 0.6) is 0 Å². The van der Waals surface area contributed by atoms with Gasteiger partial charge in [-0.1, -0.05) is 31.5 Å². The van der Waals surface area contributed by atoms with E-state index in [0.29, 0.717) is 18.7 Å². The van der Waals surface area contributed by atoms with Gasteiger partial charge in [-0.25, -0.2) is 4.79 Å². The number of aryl methyl sites for hydroxylation is 3. The van der Waals surface area contributed by atoms with Crippen molar-refractivity contribution in [3.63, 3.8) is 0 Å². The molecular formula is C29H32ClNO3. The molecular weight excluding hydrogens is 446 g/mol. The molecule has 0 aromatic heterocycles. The van der Waals surface area contributed by atoms with E-state index >= 15 is 0 Å². The van der Waals surface area contributed by atoms with E-state index in [9.17, 15) is 4.79 Å². The summed E-state index contributed by atoms with van der Waals surface area (Å²) in [5.41, 5.74) is 7.77. The van der Waals surface area contributed by atoms with Crippen molar-refractivity contribution >= 4 is 29.3 Å². The molecule has 0 bridgehead atoms. The van der Waals surface area contributed by atoms with Crippen LogP contribution >= 0.6 is 12.4 Å². The number of rotatable bonds is 6. The third-order valence-electron chi connectivity index (χ3n) is 6.03. The summed E-state index contributed by atoms with van der Waals surface area (Å²) < 4.78 is 11.9. The first-order valence-corrected chi connectivity index (χ1v) is 11.8. The van der Waals surface area contributed by atoms with Crippen molar-refractivity contribution in [2.75, 3.05) is 13.2 Å². The maximum atomic E-state index is 12.9. The molecule has 1 heterocycles. The Morgan fingerprint density at radius 3 is 2.44 bits per heavy atom. The fourth-order valence-electron chi connectivity index (χ4n) is 4.49. The van der Waals surface area contributed by atoms with Gasteiger partial charge >= 0.3 is 5.97 Å². The first-order chi connectivity index (χ1) is 16.0. The monoisotopic (exact) mass is 477 g/mol. The summed E-state index contributed by atoms with van der Waals surface area (Å²) in [5, 5.41) is 1.93. The zero-order chi connectivity index (χ0) is 23.5. The Morgan fingerprint density at radius 1 is 0.971 bits per heavy atom. The van der Waals surface area contributed by atoms with Gasteiger partial charge in [0.15, 0.2) is 0 Å². The molecule has 0 N–H and O–H groups in total. The van der Waals surface area contributed by atoms with E-state index in [1.165, 1.54) is 11.1 Å². The van der Waals surface area contributed by atoms with E-state index in [-0.39, 0.29) is 18.4 Å². The van der Waals surface area contributed by atoms with Crippen LogP contribution in [0.2, 0.25) is 0 Å². The van der Waals surface area contributed by atoms with E-state index in [4.69, 9.17) is 9.15 Å². The van der Waals surface area contributed by atoms with Gasteiger partial charge in [-0.2, -0.15) is 0 Å². The number of halogens is 1. The van der Waals surface area contributed by atoms with Gasteiger partial charge in [0.1, 0.15) is 11.3 Å². The third kappa shape index (κ3) is 4.74. The number of hydrogen-bond acceptors (Lipinski definition) is 4. The van der Waals surface area contributed by atoms with Crippen LogP contribution in [0.4, 0.5) is 0 Å². The van der Waals surface area contributed by atoms with Crippen LogP contribution in [0.25, 0.3) is 33.4 Å². The molecule has 0 fully saturated rings. The van der Waals surface area contributed by atoms with Gasteiger partial charge in [-0.15, -0.1) is 12.4 Å². The average molecular weight is 478 g/mol. The second-order valence-electron chi connectivity index (χ2n) is 8.38. The Hall–Kier alpha value is -3.11. The van der Waals surface area contributed by atoms with E-state index < -0.39 is 0 Å². The highest BCUT2D eigenvalue weighted by atomic mass is 35.5. The van der Waals surface area contributed by atoms with Gasteiger partial charge in [0.25, 0.3) is 0 Å². The summed E-state index contributed by atoms with van der Waals surface area (Å²) >= 11 is 0. The van der Waals surface area contributed by atoms with Crippen molar-refractivity contribution in [1.29, 1.82) is 0 Å². The van der Waals surface area contributed by atoms with Crippen LogP contribution in [-0.4, -0.2) is 19.1 Å². The number of carbonyl (C=O) groups is 1. The molecule has 178 valence electrons. The standard InChI is InChI=1S/C29H31NO3.ClH/c1-6-11-20-16-26-23(14-18(20)4)28(21-12-9-10-13-22(21)29(31)32-8-3)24-15-19(5)25(30-7-2)17-27(24)33-26;/h9-10,12-17H,6-8,11H2,1-5H3;1H. The molecule has 4 rings (SSSR count). The fraction of sp³-hybridized carbons (Fsp3) is 0.310. The summed E-state index contributed by atoms with van der Waals surface area (Å²) in [6, 6.07) is 16.2. The minimum Gasteiger partial charge on any atom is -0.462 e. The minimum absolute atomic E-state index is 0. The van der Waals surface area contributed by atoms with Crippen molar-refractivity contribution in [2.45, 2.75) is 47.5 Å². The highest BCUT2D eigenvalue weighted by Gasteiger charge is 2.23. The summed E-state index contributed by atoms with van der Waals surface area (Å²) in [5.74, 6) is 0.448. The van der Waals surface area contributed by atoms with E-state index in [1.54, 1.807) is 0 Å². The van der Waals surface area contributed by atoms with Gasteiger partial charge in [-0.3, -0.25) is 4.99 Å². The highest BCUT2D eigenvalue weighted by molar-refractivity contribution is 6.08. The van der Waals surface area contributed by atoms with Crippen molar-refractivity contribution in [3.05, 3.63) is 76.1 Å². The van der Waals surface area contributed by atoms with Gasteiger partial charge in [-0.05, 0) is 80.6 Å². The van der Waals surface area contributed by atoms with E-state index in [1.807, 2.05) is 44.2 Å². The second-order valence-corrected chi connectivity index (χ2v) is 8.38. The molecule has 4 nitrogen and oxygen atoms in total. The van der Waals surface area contributed by atoms with Gasteiger partial charge < -0.3 is 9.15 Å². The van der Waals surface area contributed by atoms with Crippen molar-refractivity contribution in [2.24, 2.45) is 4.99 Å². The topological polar surface area (TPSA) is 51.8 Å². The molecule has 0 saturated carbocycles. The smallest absolute Gasteiger partial charge is 0.338 e. The predicted molar refractivity (Wildman–Crippen MR) is 141 cm³/mol. The largest absolute Gasteiger partial charge is 0.462 e. The molecule has 34 heavy (non-hydrogen) atoms. The predicted octanol–water partition coefficient (Wildman–Crippen LogP) is 7.29. The van der Waals surface area contributed by atoms with Crippen LogP contribution in [0.3, 0.4) is 0 Å². The van der Waals surface area contributed by atoms with Crippen LogP contribution in [0.1, 0.15) is 54.2 Å². The van der Waals surface area contributed by atoms with Crippen molar-refractivity contribution in [3.8, 4) is 22.5 Å². The number of carbonyl (C=O) groups excluding carboxylic acids is 1. The zero-order valence-corrected chi connectivity index (χ0v) is 21.3. The molecule has 1 aliphatic heterocycles.